The van der Waals surface area contributed by atoms with Gasteiger partial charge in [-0.3, -0.25) is 0 Å². The van der Waals surface area contributed by atoms with Gasteiger partial charge in [0, 0.05) is 5.82 Å². The molecule has 0 radical (unpaired) electrons. The van der Waals surface area contributed by atoms with Crippen molar-refractivity contribution in [3.63, 3.8) is 0 Å². The van der Waals surface area contributed by atoms with Crippen LogP contribution in [0.4, 0.5) is 4.79 Å². The number of carbonyl (C=O) groups is 1. The van der Waals surface area contributed by atoms with E-state index in [1.54, 1.807) is 0 Å². The van der Waals surface area contributed by atoms with Gasteiger partial charge < -0.3 is 14.6 Å². The average molecular weight is 260 g/mol. The van der Waals surface area contributed by atoms with E-state index in [4.69, 9.17) is 9.31 Å². The zero-order valence-electron chi connectivity index (χ0n) is 11.6. The number of fused-ring (bicyclic) bond motifs is 1. The molecule has 19 heavy (non-hydrogen) atoms. The molecular weight excluding hydrogens is 243 g/mol. The Kier molecular flexibility index (Phi) is 2.53. The molecule has 1 N–H and O–H groups in total. The Balaban J connectivity index is 1.82. The highest BCUT2D eigenvalue weighted by atomic mass is 16.7. The Morgan fingerprint density at radius 2 is 1.89 bits per heavy atom. The summed E-state index contributed by atoms with van der Waals surface area (Å²) in [7, 11) is -0.340. The minimum atomic E-state index is -0.350. The molecule has 1 saturated heterocycles. The zero-order valence-corrected chi connectivity index (χ0v) is 11.6. The number of hydrogen-bond acceptors (Lipinski definition) is 3. The minimum absolute atomic E-state index is 0.0200. The summed E-state index contributed by atoms with van der Waals surface area (Å²) in [5.41, 5.74) is 0.721. The van der Waals surface area contributed by atoms with Crippen LogP contribution in [0.25, 0.3) is 0 Å². The van der Waals surface area contributed by atoms with Gasteiger partial charge in [0.05, 0.1) is 22.6 Å². The van der Waals surface area contributed by atoms with Crippen molar-refractivity contribution in [2.24, 2.45) is 4.99 Å². The van der Waals surface area contributed by atoms with Gasteiger partial charge in [0.25, 0.3) is 0 Å². The summed E-state index contributed by atoms with van der Waals surface area (Å²) >= 11 is 0. The predicted octanol–water partition coefficient (Wildman–Crippen LogP) is 2.07. The van der Waals surface area contributed by atoms with Crippen LogP contribution in [0, 0.1) is 0 Å². The van der Waals surface area contributed by atoms with E-state index < -0.39 is 0 Å². The van der Waals surface area contributed by atoms with Crippen LogP contribution in [0.15, 0.2) is 28.9 Å². The van der Waals surface area contributed by atoms with E-state index >= 15 is 0 Å². The molecule has 2 aliphatic heterocycles. The number of hydrogen-bond donors (Lipinski definition) is 1. The Morgan fingerprint density at radius 1 is 1.26 bits per heavy atom. The summed E-state index contributed by atoms with van der Waals surface area (Å²) in [4.78, 5) is 15.1. The van der Waals surface area contributed by atoms with Gasteiger partial charge in [0.1, 0.15) is 0 Å². The third-order valence-corrected chi connectivity index (χ3v) is 4.16. The molecule has 0 aromatic heterocycles. The van der Waals surface area contributed by atoms with Crippen molar-refractivity contribution in [2.75, 3.05) is 0 Å². The van der Waals surface area contributed by atoms with Crippen molar-refractivity contribution in [3.05, 3.63) is 23.9 Å². The first kappa shape index (κ1) is 12.6. The molecule has 1 atom stereocenters. The predicted molar refractivity (Wildman–Crippen MR) is 73.0 cm³/mol. The Morgan fingerprint density at radius 3 is 2.53 bits per heavy atom. The fourth-order valence-electron chi connectivity index (χ4n) is 2.30. The van der Waals surface area contributed by atoms with Gasteiger partial charge in [-0.05, 0) is 33.8 Å². The molecule has 0 spiro atoms. The molecule has 2 amide bonds. The maximum Gasteiger partial charge on any atom is 0.469 e. The lowest BCUT2D eigenvalue weighted by Gasteiger charge is -2.32. The van der Waals surface area contributed by atoms with Crippen LogP contribution in [-0.4, -0.2) is 30.1 Å². The third-order valence-electron chi connectivity index (χ3n) is 4.16. The van der Waals surface area contributed by atoms with Gasteiger partial charge in [-0.2, -0.15) is 4.99 Å². The average Bonchev–Trinajstić information content (AvgIpc) is 2.74. The second kappa shape index (κ2) is 3.80. The van der Waals surface area contributed by atoms with Crippen molar-refractivity contribution < 1.29 is 14.1 Å². The van der Waals surface area contributed by atoms with E-state index in [1.165, 1.54) is 0 Å². The van der Waals surface area contributed by atoms with Crippen molar-refractivity contribution >= 4 is 18.9 Å². The Labute approximate surface area is 112 Å². The summed E-state index contributed by atoms with van der Waals surface area (Å²) in [6.07, 6.45) is 5.74. The number of aliphatic imine (C=N–C) groups is 1. The number of amides is 2. The monoisotopic (exact) mass is 260 g/mol. The summed E-state index contributed by atoms with van der Waals surface area (Å²) in [6.45, 7) is 8.10. The van der Waals surface area contributed by atoms with Crippen LogP contribution < -0.4 is 5.32 Å². The molecule has 3 aliphatic rings. The summed E-state index contributed by atoms with van der Waals surface area (Å²) in [6, 6.07) is -0.319. The Hall–Kier alpha value is -1.40. The maximum absolute atomic E-state index is 11.2. The first-order valence-electron chi connectivity index (χ1n) is 6.44. The number of nitrogens with one attached hydrogen (secondary N) is 1. The van der Waals surface area contributed by atoms with Gasteiger partial charge in [0.15, 0.2) is 0 Å². The highest BCUT2D eigenvalue weighted by Crippen LogP contribution is 2.41. The van der Waals surface area contributed by atoms with E-state index in [2.05, 4.69) is 10.3 Å². The standard InChI is InChI=1S/C13H17BN2O3/c1-12(2)13(3,4)19-14(18-12)8-5-6-9-10(7-8)16-11(17)15-9/h5-8H,1-4H3,(H,16,17). The number of nitrogens with zero attached hydrogens (tertiary/aromatic N) is 1. The number of carbonyl (C=O) groups excluding carboxylic acids is 1. The van der Waals surface area contributed by atoms with E-state index in [-0.39, 0.29) is 30.2 Å². The lowest BCUT2D eigenvalue weighted by Crippen LogP contribution is -2.41. The van der Waals surface area contributed by atoms with Crippen LogP contribution in [0.1, 0.15) is 27.7 Å². The summed E-state index contributed by atoms with van der Waals surface area (Å²) in [5, 5.41) is 2.71. The highest BCUT2D eigenvalue weighted by Gasteiger charge is 2.53. The Bertz CT molecular complexity index is 518. The zero-order chi connectivity index (χ0) is 13.8. The molecule has 5 nitrogen and oxygen atoms in total. The second-order valence-corrected chi connectivity index (χ2v) is 6.07. The van der Waals surface area contributed by atoms with Gasteiger partial charge in [-0.15, -0.1) is 0 Å². The van der Waals surface area contributed by atoms with E-state index in [1.807, 2.05) is 45.9 Å². The van der Waals surface area contributed by atoms with Crippen molar-refractivity contribution in [2.45, 2.75) is 44.7 Å². The van der Waals surface area contributed by atoms with Crippen LogP contribution in [0.2, 0.25) is 5.82 Å². The van der Waals surface area contributed by atoms with Crippen LogP contribution in [0.3, 0.4) is 0 Å². The highest BCUT2D eigenvalue weighted by molar-refractivity contribution is 6.49. The molecule has 0 saturated carbocycles. The van der Waals surface area contributed by atoms with Gasteiger partial charge in [0.2, 0.25) is 0 Å². The van der Waals surface area contributed by atoms with Gasteiger partial charge in [-0.25, -0.2) is 4.79 Å². The molecule has 100 valence electrons. The van der Waals surface area contributed by atoms with Gasteiger partial charge in [-0.1, -0.05) is 12.2 Å². The summed E-state index contributed by atoms with van der Waals surface area (Å²) in [5.74, 6) is -0.0200. The van der Waals surface area contributed by atoms with E-state index in [9.17, 15) is 4.79 Å². The minimum Gasteiger partial charge on any atom is -0.403 e. The van der Waals surface area contributed by atoms with Crippen molar-refractivity contribution in [1.29, 1.82) is 0 Å². The van der Waals surface area contributed by atoms with E-state index in [0.29, 0.717) is 5.71 Å². The van der Waals surface area contributed by atoms with Crippen LogP contribution in [0.5, 0.6) is 0 Å². The quantitative estimate of drug-likeness (QED) is 0.734. The van der Waals surface area contributed by atoms with Crippen molar-refractivity contribution in [1.82, 2.24) is 5.32 Å². The SMILES string of the molecule is CC1(C)OB(C2C=CC3=NC(=O)NC3=C2)OC1(C)C. The maximum atomic E-state index is 11.2. The molecular formula is C13H17BN2O3. The number of allylic oxidation sites excluding steroid dienone is 3. The third kappa shape index (κ3) is 1.95. The molecule has 3 rings (SSSR count). The topological polar surface area (TPSA) is 59.9 Å². The molecule has 2 heterocycles. The second-order valence-electron chi connectivity index (χ2n) is 6.07. The first-order valence-corrected chi connectivity index (χ1v) is 6.44. The fourth-order valence-corrected chi connectivity index (χ4v) is 2.30. The first-order chi connectivity index (χ1) is 8.78. The lowest BCUT2D eigenvalue weighted by molar-refractivity contribution is 0.00578. The lowest BCUT2D eigenvalue weighted by atomic mass is 9.69. The molecule has 6 heteroatoms. The van der Waals surface area contributed by atoms with Crippen LogP contribution >= 0.6 is 0 Å². The van der Waals surface area contributed by atoms with Crippen molar-refractivity contribution in [3.8, 4) is 0 Å². The smallest absolute Gasteiger partial charge is 0.403 e. The van der Waals surface area contributed by atoms with Gasteiger partial charge >= 0.3 is 13.1 Å². The largest absolute Gasteiger partial charge is 0.469 e. The number of urea groups is 1. The van der Waals surface area contributed by atoms with E-state index in [0.717, 1.165) is 5.70 Å². The summed E-state index contributed by atoms with van der Waals surface area (Å²) < 4.78 is 12.0. The molecule has 0 bridgehead atoms. The molecule has 1 aliphatic carbocycles. The molecule has 0 aromatic rings. The molecule has 0 aromatic carbocycles. The normalized spacial score (nSPS) is 30.8. The molecule has 1 unspecified atom stereocenters. The fraction of sp³-hybridized carbons (Fsp3) is 0.538. The molecule has 1 fully saturated rings. The number of rotatable bonds is 1. The van der Waals surface area contributed by atoms with Crippen LogP contribution in [-0.2, 0) is 9.31 Å².